The molecule has 0 saturated heterocycles. The van der Waals surface area contributed by atoms with Crippen molar-refractivity contribution in [1.82, 2.24) is 14.8 Å². The van der Waals surface area contributed by atoms with Crippen molar-refractivity contribution >= 4 is 16.5 Å². The summed E-state index contributed by atoms with van der Waals surface area (Å²) in [7, 11) is 0. The SMILES string of the molecule is CC(C)c1ccc(-c2csc(N3Cc4ccnn4CC3C)n2)cc1. The van der Waals surface area contributed by atoms with Gasteiger partial charge >= 0.3 is 0 Å². The van der Waals surface area contributed by atoms with Crippen LogP contribution >= 0.6 is 11.3 Å². The molecule has 3 heterocycles. The summed E-state index contributed by atoms with van der Waals surface area (Å²) in [5.74, 6) is 0.559. The molecule has 24 heavy (non-hydrogen) atoms. The summed E-state index contributed by atoms with van der Waals surface area (Å²) >= 11 is 1.73. The van der Waals surface area contributed by atoms with Crippen LogP contribution in [0.4, 0.5) is 5.13 Å². The lowest BCUT2D eigenvalue weighted by atomic mass is 10.0. The van der Waals surface area contributed by atoms with Crippen LogP contribution in [-0.4, -0.2) is 20.8 Å². The number of hydrogen-bond donors (Lipinski definition) is 0. The summed E-state index contributed by atoms with van der Waals surface area (Å²) < 4.78 is 2.10. The zero-order valence-corrected chi connectivity index (χ0v) is 15.1. The van der Waals surface area contributed by atoms with E-state index in [1.54, 1.807) is 11.3 Å². The Balaban J connectivity index is 1.59. The topological polar surface area (TPSA) is 34.0 Å². The summed E-state index contributed by atoms with van der Waals surface area (Å²) in [5, 5.41) is 7.64. The van der Waals surface area contributed by atoms with Gasteiger partial charge in [-0.05, 0) is 24.5 Å². The molecule has 0 spiro atoms. The highest BCUT2D eigenvalue weighted by Crippen LogP contribution is 2.32. The van der Waals surface area contributed by atoms with E-state index in [2.05, 4.69) is 71.2 Å². The molecule has 1 aliphatic rings. The van der Waals surface area contributed by atoms with Crippen LogP contribution in [0.15, 0.2) is 41.9 Å². The number of hydrogen-bond acceptors (Lipinski definition) is 4. The van der Waals surface area contributed by atoms with E-state index >= 15 is 0 Å². The molecule has 1 aromatic carbocycles. The van der Waals surface area contributed by atoms with Crippen LogP contribution in [-0.2, 0) is 13.1 Å². The first kappa shape index (κ1) is 15.4. The second-order valence-corrected chi connectivity index (χ2v) is 7.61. The van der Waals surface area contributed by atoms with Gasteiger partial charge < -0.3 is 4.90 Å². The molecule has 0 saturated carbocycles. The van der Waals surface area contributed by atoms with Crippen molar-refractivity contribution in [3.8, 4) is 11.3 Å². The largest absolute Gasteiger partial charge is 0.338 e. The maximum absolute atomic E-state index is 4.90. The first-order valence-corrected chi connectivity index (χ1v) is 9.33. The molecule has 2 aromatic heterocycles. The predicted molar refractivity (Wildman–Crippen MR) is 99.5 cm³/mol. The van der Waals surface area contributed by atoms with E-state index in [-0.39, 0.29) is 0 Å². The molecule has 124 valence electrons. The van der Waals surface area contributed by atoms with Gasteiger partial charge in [0.15, 0.2) is 5.13 Å². The normalized spacial score (nSPS) is 17.3. The molecule has 0 N–H and O–H groups in total. The van der Waals surface area contributed by atoms with Gasteiger partial charge in [-0.3, -0.25) is 4.68 Å². The monoisotopic (exact) mass is 338 g/mol. The molecule has 0 fully saturated rings. The smallest absolute Gasteiger partial charge is 0.186 e. The molecular weight excluding hydrogens is 316 g/mol. The molecule has 0 radical (unpaired) electrons. The molecule has 1 unspecified atom stereocenters. The summed E-state index contributed by atoms with van der Waals surface area (Å²) in [5.41, 5.74) is 4.88. The van der Waals surface area contributed by atoms with Crippen molar-refractivity contribution in [2.75, 3.05) is 4.90 Å². The van der Waals surface area contributed by atoms with Gasteiger partial charge in [0.2, 0.25) is 0 Å². The summed E-state index contributed by atoms with van der Waals surface area (Å²) in [4.78, 5) is 7.28. The maximum Gasteiger partial charge on any atom is 0.186 e. The number of nitrogens with zero attached hydrogens (tertiary/aromatic N) is 4. The van der Waals surface area contributed by atoms with E-state index in [1.807, 2.05) is 6.20 Å². The van der Waals surface area contributed by atoms with Crippen molar-refractivity contribution in [2.24, 2.45) is 0 Å². The number of benzene rings is 1. The van der Waals surface area contributed by atoms with E-state index < -0.39 is 0 Å². The fourth-order valence-electron chi connectivity index (χ4n) is 3.16. The Morgan fingerprint density at radius 1 is 1.17 bits per heavy atom. The average molecular weight is 338 g/mol. The molecular formula is C19H22N4S. The average Bonchev–Trinajstić information content (AvgIpc) is 3.22. The van der Waals surface area contributed by atoms with Crippen LogP contribution in [0.2, 0.25) is 0 Å². The standard InChI is InChI=1S/C19H22N4S/c1-13(2)15-4-6-16(7-5-15)18-12-24-19(21-18)22-11-17-8-9-20-23(17)10-14(22)3/h4-9,12-14H,10-11H2,1-3H3. The third-order valence-electron chi connectivity index (χ3n) is 4.72. The first-order valence-electron chi connectivity index (χ1n) is 8.45. The zero-order valence-electron chi connectivity index (χ0n) is 14.3. The highest BCUT2D eigenvalue weighted by molar-refractivity contribution is 7.14. The van der Waals surface area contributed by atoms with Gasteiger partial charge in [0.25, 0.3) is 0 Å². The Kier molecular flexibility index (Phi) is 3.88. The van der Waals surface area contributed by atoms with Crippen molar-refractivity contribution in [2.45, 2.75) is 45.8 Å². The van der Waals surface area contributed by atoms with Crippen LogP contribution in [0.25, 0.3) is 11.3 Å². The number of fused-ring (bicyclic) bond motifs is 1. The Morgan fingerprint density at radius 3 is 2.71 bits per heavy atom. The minimum absolute atomic E-state index is 0.403. The van der Waals surface area contributed by atoms with Crippen LogP contribution in [0.5, 0.6) is 0 Å². The van der Waals surface area contributed by atoms with Crippen molar-refractivity contribution in [1.29, 1.82) is 0 Å². The van der Waals surface area contributed by atoms with E-state index in [9.17, 15) is 0 Å². The van der Waals surface area contributed by atoms with E-state index in [0.717, 1.165) is 23.9 Å². The molecule has 0 aliphatic carbocycles. The van der Waals surface area contributed by atoms with Gasteiger partial charge in [-0.1, -0.05) is 38.1 Å². The lowest BCUT2D eigenvalue weighted by Gasteiger charge is -2.33. The third kappa shape index (κ3) is 2.73. The summed E-state index contributed by atoms with van der Waals surface area (Å²) in [6, 6.07) is 11.3. The second kappa shape index (κ2) is 6.06. The summed E-state index contributed by atoms with van der Waals surface area (Å²) in [6.45, 7) is 8.47. The highest BCUT2D eigenvalue weighted by atomic mass is 32.1. The fourth-order valence-corrected chi connectivity index (χ4v) is 4.10. The fraction of sp³-hybridized carbons (Fsp3) is 0.368. The lowest BCUT2D eigenvalue weighted by Crippen LogP contribution is -2.41. The Labute approximate surface area is 146 Å². The quantitative estimate of drug-likeness (QED) is 0.703. The number of anilines is 1. The minimum atomic E-state index is 0.403. The Hall–Kier alpha value is -2.14. The first-order chi connectivity index (χ1) is 11.6. The van der Waals surface area contributed by atoms with Crippen molar-refractivity contribution in [3.05, 3.63) is 53.2 Å². The van der Waals surface area contributed by atoms with Gasteiger partial charge in [0, 0.05) is 23.2 Å². The molecule has 0 bridgehead atoms. The van der Waals surface area contributed by atoms with Crippen LogP contribution in [0.3, 0.4) is 0 Å². The predicted octanol–water partition coefficient (Wildman–Crippen LogP) is 4.54. The molecule has 0 amide bonds. The maximum atomic E-state index is 4.90. The molecule has 3 aromatic rings. The van der Waals surface area contributed by atoms with Crippen LogP contribution in [0, 0.1) is 0 Å². The molecule has 1 aliphatic heterocycles. The number of thiazole rings is 1. The van der Waals surface area contributed by atoms with E-state index in [0.29, 0.717) is 12.0 Å². The van der Waals surface area contributed by atoms with E-state index in [4.69, 9.17) is 4.98 Å². The second-order valence-electron chi connectivity index (χ2n) is 6.77. The summed E-state index contributed by atoms with van der Waals surface area (Å²) in [6.07, 6.45) is 1.88. The minimum Gasteiger partial charge on any atom is -0.338 e. The number of aromatic nitrogens is 3. The van der Waals surface area contributed by atoms with Gasteiger partial charge in [-0.2, -0.15) is 5.10 Å². The highest BCUT2D eigenvalue weighted by Gasteiger charge is 2.25. The van der Waals surface area contributed by atoms with Crippen LogP contribution < -0.4 is 4.90 Å². The van der Waals surface area contributed by atoms with Gasteiger partial charge in [0.05, 0.1) is 24.5 Å². The molecule has 5 heteroatoms. The third-order valence-corrected chi connectivity index (χ3v) is 5.59. The zero-order chi connectivity index (χ0) is 16.7. The molecule has 4 nitrogen and oxygen atoms in total. The van der Waals surface area contributed by atoms with Gasteiger partial charge in [-0.15, -0.1) is 11.3 Å². The van der Waals surface area contributed by atoms with Gasteiger partial charge in [-0.25, -0.2) is 4.98 Å². The van der Waals surface area contributed by atoms with Crippen molar-refractivity contribution in [3.63, 3.8) is 0 Å². The Bertz CT molecular complexity index is 831. The number of rotatable bonds is 3. The van der Waals surface area contributed by atoms with Crippen molar-refractivity contribution < 1.29 is 0 Å². The molecule has 4 rings (SSSR count). The van der Waals surface area contributed by atoms with Gasteiger partial charge in [0.1, 0.15) is 0 Å². The molecule has 1 atom stereocenters. The lowest BCUT2D eigenvalue weighted by molar-refractivity contribution is 0.439. The Morgan fingerprint density at radius 2 is 1.96 bits per heavy atom. The van der Waals surface area contributed by atoms with E-state index in [1.165, 1.54) is 16.8 Å². The van der Waals surface area contributed by atoms with Crippen LogP contribution in [0.1, 0.15) is 37.9 Å².